The number of carbonyl (C=O) groups is 3. The Labute approximate surface area is 262 Å². The summed E-state index contributed by atoms with van der Waals surface area (Å²) in [6, 6.07) is 2.42. The van der Waals surface area contributed by atoms with Gasteiger partial charge in [-0.25, -0.2) is 22.8 Å². The Morgan fingerprint density at radius 2 is 1.96 bits per heavy atom. The molecule has 11 nitrogen and oxygen atoms in total. The number of nitrogens with zero attached hydrogens (tertiary/aromatic N) is 3. The van der Waals surface area contributed by atoms with E-state index in [0.717, 1.165) is 25.7 Å². The quantitative estimate of drug-likeness (QED) is 0.452. The third kappa shape index (κ3) is 6.60. The van der Waals surface area contributed by atoms with Gasteiger partial charge in [-0.15, -0.1) is 0 Å². The number of ketones is 1. The summed E-state index contributed by atoms with van der Waals surface area (Å²) in [7, 11) is -3.80. The van der Waals surface area contributed by atoms with E-state index in [-0.39, 0.29) is 42.9 Å². The fourth-order valence-electron chi connectivity index (χ4n) is 6.61. The zero-order valence-electron chi connectivity index (χ0n) is 25.4. The molecule has 6 rings (SSSR count). The maximum Gasteiger partial charge on any atom is 0.240 e. The highest BCUT2D eigenvalue weighted by atomic mass is 32.2. The van der Waals surface area contributed by atoms with Crippen LogP contribution in [0.1, 0.15) is 76.8 Å². The van der Waals surface area contributed by atoms with Crippen molar-refractivity contribution in [3.63, 3.8) is 0 Å². The maximum atomic E-state index is 14.1. The van der Waals surface area contributed by atoms with E-state index in [2.05, 4.69) is 14.7 Å². The van der Waals surface area contributed by atoms with Gasteiger partial charge >= 0.3 is 0 Å². The van der Waals surface area contributed by atoms with Gasteiger partial charge < -0.3 is 15.4 Å². The molecule has 1 aromatic heterocycles. The summed E-state index contributed by atoms with van der Waals surface area (Å²) in [6.07, 6.45) is 8.86. The average Bonchev–Trinajstić information content (AvgIpc) is 3.92. The second-order valence-electron chi connectivity index (χ2n) is 12.9. The van der Waals surface area contributed by atoms with E-state index in [1.165, 1.54) is 17.0 Å². The molecule has 2 saturated carbocycles. The van der Waals surface area contributed by atoms with Crippen LogP contribution < -0.4 is 15.2 Å². The average molecular weight is 642 g/mol. The number of aryl methyl sites for hydroxylation is 1. The lowest BCUT2D eigenvalue weighted by molar-refractivity contribution is -0.140. The number of Topliss-reactive ketones (excluding diaryl/α,β-unsaturated/α-hetero) is 1. The number of fused-ring (bicyclic) bond motifs is 3. The molecule has 0 unspecified atom stereocenters. The minimum atomic E-state index is -3.80. The smallest absolute Gasteiger partial charge is 0.240 e. The normalized spacial score (nSPS) is 30.2. The van der Waals surface area contributed by atoms with Crippen molar-refractivity contribution >= 4 is 38.7 Å². The predicted molar refractivity (Wildman–Crippen MR) is 164 cm³/mol. The van der Waals surface area contributed by atoms with E-state index < -0.39 is 50.6 Å². The number of hydrogen-bond acceptors (Lipinski definition) is 9. The van der Waals surface area contributed by atoms with Crippen molar-refractivity contribution in [2.75, 3.05) is 6.54 Å². The number of sulfonamides is 1. The molecule has 2 aromatic rings. The minimum absolute atomic E-state index is 0.0769. The van der Waals surface area contributed by atoms with Gasteiger partial charge in [0.05, 0.1) is 40.3 Å². The third-order valence-corrected chi connectivity index (χ3v) is 11.4. The second-order valence-corrected chi connectivity index (χ2v) is 14.9. The van der Waals surface area contributed by atoms with Crippen LogP contribution in [0.2, 0.25) is 0 Å². The molecule has 3 heterocycles. The van der Waals surface area contributed by atoms with E-state index in [0.29, 0.717) is 48.8 Å². The van der Waals surface area contributed by atoms with Crippen molar-refractivity contribution in [3.8, 4) is 5.88 Å². The summed E-state index contributed by atoms with van der Waals surface area (Å²) in [5.41, 5.74) is 6.56. The number of rotatable bonds is 6. The van der Waals surface area contributed by atoms with Crippen molar-refractivity contribution < 1.29 is 31.9 Å². The first-order chi connectivity index (χ1) is 21.5. The molecule has 13 heteroatoms. The van der Waals surface area contributed by atoms with Gasteiger partial charge in [0.2, 0.25) is 27.7 Å². The van der Waals surface area contributed by atoms with Crippen LogP contribution in [0, 0.1) is 17.2 Å². The first kappa shape index (κ1) is 31.5. The fraction of sp³-hybridized carbons (Fsp3) is 0.594. The summed E-state index contributed by atoms with van der Waals surface area (Å²) < 4.78 is 47.8. The zero-order chi connectivity index (χ0) is 31.9. The van der Waals surface area contributed by atoms with Gasteiger partial charge in [0.25, 0.3) is 0 Å². The molecule has 1 saturated heterocycles. The minimum Gasteiger partial charge on any atom is -0.471 e. The fourth-order valence-corrected chi connectivity index (χ4v) is 8.00. The van der Waals surface area contributed by atoms with Crippen molar-refractivity contribution in [1.29, 1.82) is 0 Å². The number of aromatic nitrogens is 2. The number of amides is 2. The number of halogens is 1. The molecule has 0 radical (unpaired) electrons. The number of carbonyl (C=O) groups excluding carboxylic acids is 3. The Bertz CT molecular complexity index is 1650. The number of ether oxygens (including phenoxy) is 1. The molecule has 3 N–H and O–H groups in total. The van der Waals surface area contributed by atoms with Crippen LogP contribution in [0.5, 0.6) is 5.88 Å². The summed E-state index contributed by atoms with van der Waals surface area (Å²) in [5, 5.41) is -0.575. The molecule has 242 valence electrons. The van der Waals surface area contributed by atoms with Crippen LogP contribution in [-0.4, -0.2) is 70.9 Å². The molecule has 2 aliphatic carbocycles. The van der Waals surface area contributed by atoms with E-state index in [1.807, 2.05) is 19.1 Å². The summed E-state index contributed by atoms with van der Waals surface area (Å²) >= 11 is 0. The van der Waals surface area contributed by atoms with Crippen molar-refractivity contribution in [3.05, 3.63) is 41.9 Å². The van der Waals surface area contributed by atoms with Gasteiger partial charge in [-0.2, -0.15) is 0 Å². The Kier molecular flexibility index (Phi) is 8.68. The highest BCUT2D eigenvalue weighted by Gasteiger charge is 2.61. The Balaban J connectivity index is 1.28. The number of nitrogens with two attached hydrogens (primary N) is 1. The van der Waals surface area contributed by atoms with Gasteiger partial charge in [0.15, 0.2) is 5.78 Å². The molecule has 4 aliphatic rings. The van der Waals surface area contributed by atoms with Crippen LogP contribution in [0.4, 0.5) is 4.39 Å². The zero-order valence-corrected chi connectivity index (χ0v) is 26.2. The molecule has 5 atom stereocenters. The SMILES string of the molecule is CCc1nc2ccc(F)cc2nc1O[C@@H]1C[C@H]2C(=O)C[C@]3(C(=O)NS(=O)(=O)C4CC4)C[C@H]3/C=C\CCCCC[C@H](N)C(=O)N2C1. The molecule has 45 heavy (non-hydrogen) atoms. The molecule has 1 aromatic carbocycles. The Morgan fingerprint density at radius 1 is 1.16 bits per heavy atom. The predicted octanol–water partition coefficient (Wildman–Crippen LogP) is 3.10. The van der Waals surface area contributed by atoms with Crippen LogP contribution >= 0.6 is 0 Å². The first-order valence-electron chi connectivity index (χ1n) is 15.9. The molecule has 0 bridgehead atoms. The summed E-state index contributed by atoms with van der Waals surface area (Å²) in [4.78, 5) is 51.8. The molecule has 3 fully saturated rings. The lowest BCUT2D eigenvalue weighted by Gasteiger charge is -2.27. The summed E-state index contributed by atoms with van der Waals surface area (Å²) in [6.45, 7) is 1.97. The van der Waals surface area contributed by atoms with Gasteiger partial charge in [-0.05, 0) is 63.0 Å². The monoisotopic (exact) mass is 641 g/mol. The highest BCUT2D eigenvalue weighted by molar-refractivity contribution is 7.90. The standard InChI is InChI=1S/C32H40FN5O6S/c1-2-24-29(36-26-14-20(33)10-13-25(26)35-24)44-21-15-27-28(39)17-32(31(41)37-45(42,43)22-11-12-22)16-19(32)8-6-4-3-5-7-9-23(34)30(40)38(27)18-21/h6,8,10,13-14,19,21-23,27H,2-5,7,9,11-12,15-18,34H2,1H3,(H,37,41)/b8-6-/t19-,21-,23+,27+,32-/m1/s1. The largest absolute Gasteiger partial charge is 0.471 e. The van der Waals surface area contributed by atoms with Crippen molar-refractivity contribution in [1.82, 2.24) is 19.6 Å². The highest BCUT2D eigenvalue weighted by Crippen LogP contribution is 2.57. The number of benzene rings is 1. The Morgan fingerprint density at radius 3 is 2.71 bits per heavy atom. The van der Waals surface area contributed by atoms with Crippen molar-refractivity contribution in [2.45, 2.75) is 101 Å². The van der Waals surface area contributed by atoms with Gasteiger partial charge in [0.1, 0.15) is 17.6 Å². The maximum absolute atomic E-state index is 14.1. The van der Waals surface area contributed by atoms with E-state index in [4.69, 9.17) is 10.5 Å². The van der Waals surface area contributed by atoms with Gasteiger partial charge in [0, 0.05) is 18.9 Å². The molecular formula is C32H40FN5O6S. The molecule has 2 aliphatic heterocycles. The topological polar surface area (TPSA) is 162 Å². The lowest BCUT2D eigenvalue weighted by atomic mass is 9.91. The van der Waals surface area contributed by atoms with E-state index in [1.54, 1.807) is 6.07 Å². The van der Waals surface area contributed by atoms with Crippen LogP contribution in [0.3, 0.4) is 0 Å². The van der Waals surface area contributed by atoms with E-state index in [9.17, 15) is 27.2 Å². The van der Waals surface area contributed by atoms with Crippen LogP contribution in [0.25, 0.3) is 11.0 Å². The molecular weight excluding hydrogens is 601 g/mol. The van der Waals surface area contributed by atoms with Gasteiger partial charge in [-0.3, -0.25) is 19.1 Å². The Hall–Kier alpha value is -3.45. The molecule has 2 amide bonds. The first-order valence-corrected chi connectivity index (χ1v) is 17.5. The number of allylic oxidation sites excluding steroid dienone is 2. The molecule has 0 spiro atoms. The third-order valence-electron chi connectivity index (χ3n) is 9.54. The number of hydrogen-bond donors (Lipinski definition) is 2. The van der Waals surface area contributed by atoms with Gasteiger partial charge in [-0.1, -0.05) is 31.9 Å². The van der Waals surface area contributed by atoms with Crippen molar-refractivity contribution in [2.24, 2.45) is 17.1 Å². The lowest BCUT2D eigenvalue weighted by Crippen LogP contribution is -2.49. The van der Waals surface area contributed by atoms with Crippen LogP contribution in [0.15, 0.2) is 30.4 Å². The second kappa shape index (κ2) is 12.4. The number of nitrogens with one attached hydrogen (secondary N) is 1. The van der Waals surface area contributed by atoms with Crippen LogP contribution in [-0.2, 0) is 30.8 Å². The summed E-state index contributed by atoms with van der Waals surface area (Å²) in [5.74, 6) is -1.89. The van der Waals surface area contributed by atoms with E-state index >= 15 is 0 Å².